The average Bonchev–Trinajstić information content (AvgIpc) is 2.70. The van der Waals surface area contributed by atoms with E-state index in [9.17, 15) is 23.3 Å². The molecule has 2 aromatic carbocycles. The highest BCUT2D eigenvalue weighted by atomic mass is 32.2. The summed E-state index contributed by atoms with van der Waals surface area (Å²) >= 11 is 0. The number of nitro benzene ring substituents is 1. The van der Waals surface area contributed by atoms with Crippen molar-refractivity contribution in [3.8, 4) is 17.2 Å². The van der Waals surface area contributed by atoms with E-state index >= 15 is 0 Å². The Morgan fingerprint density at radius 3 is 2.30 bits per heavy atom. The number of benzene rings is 2. The number of primary sulfonamides is 1. The minimum absolute atomic E-state index is 0.0670. The van der Waals surface area contributed by atoms with E-state index in [1.807, 2.05) is 0 Å². The largest absolute Gasteiger partial charge is 0.493 e. The minimum atomic E-state index is -3.81. The highest BCUT2D eigenvalue weighted by molar-refractivity contribution is 7.89. The van der Waals surface area contributed by atoms with Gasteiger partial charge in [0, 0.05) is 6.07 Å². The first-order chi connectivity index (χ1) is 14.2. The Hall–Kier alpha value is -3.38. The molecule has 2 rings (SSSR count). The number of nitrogens with two attached hydrogens (primary N) is 1. The van der Waals surface area contributed by atoms with Gasteiger partial charge in [0.1, 0.15) is 24.5 Å². The molecule has 0 spiro atoms. The lowest BCUT2D eigenvalue weighted by Crippen LogP contribution is -2.14. The van der Waals surface area contributed by atoms with Crippen LogP contribution in [-0.2, 0) is 14.8 Å². The third-order valence-electron chi connectivity index (χ3n) is 3.74. The Kier molecular flexibility index (Phi) is 7.55. The van der Waals surface area contributed by atoms with Crippen LogP contribution in [0.4, 0.5) is 5.69 Å². The summed E-state index contributed by atoms with van der Waals surface area (Å²) in [5, 5.41) is 16.3. The average molecular weight is 440 g/mol. The molecule has 0 aliphatic carbocycles. The fourth-order valence-corrected chi connectivity index (χ4v) is 2.90. The molecule has 0 amide bonds. The molecule has 2 N–H and O–H groups in total. The maximum absolute atomic E-state index is 12.3. The number of sulfonamides is 1. The topological polar surface area (TPSA) is 157 Å². The van der Waals surface area contributed by atoms with Crippen LogP contribution in [-0.4, -0.2) is 46.2 Å². The van der Waals surface area contributed by atoms with Gasteiger partial charge in [-0.25, -0.2) is 18.4 Å². The van der Waals surface area contributed by atoms with Crippen LogP contribution in [0.3, 0.4) is 0 Å². The number of methoxy groups -OCH3 is 1. The van der Waals surface area contributed by atoms with Crippen molar-refractivity contribution in [2.24, 2.45) is 5.14 Å². The van der Waals surface area contributed by atoms with E-state index in [4.69, 9.17) is 24.1 Å². The second-order valence-corrected chi connectivity index (χ2v) is 7.27. The van der Waals surface area contributed by atoms with Crippen molar-refractivity contribution >= 4 is 21.7 Å². The molecule has 0 unspecified atom stereocenters. The van der Waals surface area contributed by atoms with Crippen LogP contribution in [0.2, 0.25) is 0 Å². The van der Waals surface area contributed by atoms with E-state index in [1.54, 1.807) is 6.92 Å². The van der Waals surface area contributed by atoms with Gasteiger partial charge in [-0.3, -0.25) is 10.1 Å². The van der Waals surface area contributed by atoms with E-state index in [2.05, 4.69) is 0 Å². The van der Waals surface area contributed by atoms with Gasteiger partial charge >= 0.3 is 5.97 Å². The maximum atomic E-state index is 12.3. The molecule has 0 saturated carbocycles. The molecular formula is C18H20N2O9S. The van der Waals surface area contributed by atoms with Crippen LogP contribution in [0.15, 0.2) is 41.3 Å². The number of rotatable bonds is 10. The molecule has 0 heterocycles. The zero-order valence-corrected chi connectivity index (χ0v) is 17.0. The zero-order valence-electron chi connectivity index (χ0n) is 16.2. The first-order valence-corrected chi connectivity index (χ1v) is 10.1. The quantitative estimate of drug-likeness (QED) is 0.252. The van der Waals surface area contributed by atoms with Crippen LogP contribution < -0.4 is 19.3 Å². The number of hydrogen-bond donors (Lipinski definition) is 1. The molecular weight excluding hydrogens is 420 g/mol. The van der Waals surface area contributed by atoms with Crippen molar-refractivity contribution in [3.05, 3.63) is 52.1 Å². The monoisotopic (exact) mass is 440 g/mol. The van der Waals surface area contributed by atoms with E-state index in [-0.39, 0.29) is 41.8 Å². The minimum Gasteiger partial charge on any atom is -0.493 e. The van der Waals surface area contributed by atoms with Crippen molar-refractivity contribution in [2.45, 2.75) is 11.8 Å². The summed E-state index contributed by atoms with van der Waals surface area (Å²) in [5.41, 5.74) is -0.776. The second kappa shape index (κ2) is 9.89. The molecule has 11 nitrogen and oxygen atoms in total. The molecule has 30 heavy (non-hydrogen) atoms. The lowest BCUT2D eigenvalue weighted by Gasteiger charge is -2.12. The van der Waals surface area contributed by atoms with Crippen molar-refractivity contribution < 1.29 is 37.1 Å². The van der Waals surface area contributed by atoms with E-state index in [1.165, 1.54) is 37.4 Å². The van der Waals surface area contributed by atoms with Crippen LogP contribution in [0.5, 0.6) is 17.2 Å². The number of nitro groups is 1. The highest BCUT2D eigenvalue weighted by Crippen LogP contribution is 2.35. The van der Waals surface area contributed by atoms with E-state index < -0.39 is 26.6 Å². The van der Waals surface area contributed by atoms with Gasteiger partial charge in [0.2, 0.25) is 10.0 Å². The summed E-state index contributed by atoms with van der Waals surface area (Å²) in [6.45, 7) is 1.69. The molecule has 0 saturated heterocycles. The predicted octanol–water partition coefficient (Wildman–Crippen LogP) is 1.89. The van der Waals surface area contributed by atoms with Crippen molar-refractivity contribution in [1.29, 1.82) is 0 Å². The standard InChI is InChI=1S/C18H20N2O9S/c1-3-27-17-11-15(20(22)23)14(10-16(17)26-2)18(21)29-9-8-28-12-4-6-13(7-5-12)30(19,24)25/h4-7,10-11H,3,8-9H2,1-2H3,(H2,19,24,25). The number of esters is 1. The first-order valence-electron chi connectivity index (χ1n) is 8.59. The lowest BCUT2D eigenvalue weighted by atomic mass is 10.1. The molecule has 0 radical (unpaired) electrons. The van der Waals surface area contributed by atoms with Gasteiger partial charge < -0.3 is 18.9 Å². The second-order valence-electron chi connectivity index (χ2n) is 5.71. The molecule has 162 valence electrons. The van der Waals surface area contributed by atoms with Crippen LogP contribution in [0, 0.1) is 10.1 Å². The maximum Gasteiger partial charge on any atom is 0.345 e. The number of carbonyl (C=O) groups excluding carboxylic acids is 1. The Morgan fingerprint density at radius 1 is 1.10 bits per heavy atom. The highest BCUT2D eigenvalue weighted by Gasteiger charge is 2.25. The van der Waals surface area contributed by atoms with Crippen molar-refractivity contribution in [2.75, 3.05) is 26.9 Å². The third-order valence-corrected chi connectivity index (χ3v) is 4.67. The summed E-state index contributed by atoms with van der Waals surface area (Å²) in [4.78, 5) is 22.8. The van der Waals surface area contributed by atoms with Gasteiger partial charge in [0.15, 0.2) is 11.5 Å². The Balaban J connectivity index is 2.03. The normalized spacial score (nSPS) is 10.9. The van der Waals surface area contributed by atoms with Crippen LogP contribution in [0.25, 0.3) is 0 Å². The fraction of sp³-hybridized carbons (Fsp3) is 0.278. The van der Waals surface area contributed by atoms with Crippen LogP contribution in [0.1, 0.15) is 17.3 Å². The molecule has 0 aliphatic rings. The smallest absolute Gasteiger partial charge is 0.345 e. The Morgan fingerprint density at radius 2 is 1.77 bits per heavy atom. The molecule has 0 atom stereocenters. The SMILES string of the molecule is CCOc1cc([N+](=O)[O-])c(C(=O)OCCOc2ccc(S(N)(=O)=O)cc2)cc1OC. The Labute approximate surface area is 172 Å². The van der Waals surface area contributed by atoms with Gasteiger partial charge in [0.25, 0.3) is 5.69 Å². The lowest BCUT2D eigenvalue weighted by molar-refractivity contribution is -0.385. The molecule has 0 fully saturated rings. The summed E-state index contributed by atoms with van der Waals surface area (Å²) in [7, 11) is -2.47. The zero-order chi connectivity index (χ0) is 22.3. The summed E-state index contributed by atoms with van der Waals surface area (Å²) in [5.74, 6) is -0.321. The van der Waals surface area contributed by atoms with Gasteiger partial charge in [-0.1, -0.05) is 0 Å². The Bertz CT molecular complexity index is 1020. The fourth-order valence-electron chi connectivity index (χ4n) is 2.39. The van der Waals surface area contributed by atoms with Crippen LogP contribution >= 0.6 is 0 Å². The predicted molar refractivity (Wildman–Crippen MR) is 104 cm³/mol. The number of ether oxygens (including phenoxy) is 4. The third kappa shape index (κ3) is 5.81. The van der Waals surface area contributed by atoms with E-state index in [0.717, 1.165) is 6.07 Å². The van der Waals surface area contributed by atoms with Crippen molar-refractivity contribution in [3.63, 3.8) is 0 Å². The van der Waals surface area contributed by atoms with Gasteiger partial charge in [-0.05, 0) is 31.2 Å². The number of hydrogen-bond acceptors (Lipinski definition) is 9. The van der Waals surface area contributed by atoms with Crippen molar-refractivity contribution in [1.82, 2.24) is 0 Å². The van der Waals surface area contributed by atoms with Gasteiger partial charge in [-0.15, -0.1) is 0 Å². The van der Waals surface area contributed by atoms with Gasteiger partial charge in [0.05, 0.1) is 29.6 Å². The summed E-state index contributed by atoms with van der Waals surface area (Å²) in [6.07, 6.45) is 0. The number of carbonyl (C=O) groups is 1. The molecule has 0 aliphatic heterocycles. The summed E-state index contributed by atoms with van der Waals surface area (Å²) < 4.78 is 43.2. The molecule has 0 bridgehead atoms. The molecule has 12 heteroatoms. The molecule has 2 aromatic rings. The number of nitrogens with zero attached hydrogens (tertiary/aromatic N) is 1. The van der Waals surface area contributed by atoms with E-state index in [0.29, 0.717) is 5.75 Å². The summed E-state index contributed by atoms with van der Waals surface area (Å²) in [6, 6.07) is 7.60. The van der Waals surface area contributed by atoms with Gasteiger partial charge in [-0.2, -0.15) is 0 Å². The molecule has 0 aromatic heterocycles. The first kappa shape index (κ1) is 22.9.